The lowest BCUT2D eigenvalue weighted by atomic mass is 10.1. The number of nitrogens with zero attached hydrogens (tertiary/aromatic N) is 3. The van der Waals surface area contributed by atoms with E-state index in [0.717, 1.165) is 27.7 Å². The van der Waals surface area contributed by atoms with Crippen LogP contribution >= 0.6 is 0 Å². The maximum absolute atomic E-state index is 13.0. The van der Waals surface area contributed by atoms with Crippen LogP contribution in [0.3, 0.4) is 0 Å². The highest BCUT2D eigenvalue weighted by molar-refractivity contribution is 5.95. The van der Waals surface area contributed by atoms with E-state index in [1.165, 1.54) is 0 Å². The zero-order valence-corrected chi connectivity index (χ0v) is 15.6. The molecule has 0 radical (unpaired) electrons. The van der Waals surface area contributed by atoms with Crippen LogP contribution in [0.25, 0.3) is 10.8 Å². The summed E-state index contributed by atoms with van der Waals surface area (Å²) in [7, 11) is 0. The average molecular weight is 381 g/mol. The van der Waals surface area contributed by atoms with Gasteiger partial charge in [-0.25, -0.2) is 0 Å². The van der Waals surface area contributed by atoms with Crippen LogP contribution < -0.4 is 10.6 Å². The zero-order valence-electron chi connectivity index (χ0n) is 15.6. The van der Waals surface area contributed by atoms with Crippen LogP contribution in [0.15, 0.2) is 96.9 Å². The Bertz CT molecular complexity index is 1160. The Hall–Kier alpha value is -3.93. The first-order valence-electron chi connectivity index (χ1n) is 9.46. The molecule has 2 aromatic heterocycles. The van der Waals surface area contributed by atoms with Gasteiger partial charge in [-0.05, 0) is 29.7 Å². The second-order valence-corrected chi connectivity index (χ2v) is 6.86. The first kappa shape index (κ1) is 17.2. The first-order chi connectivity index (χ1) is 14.3. The van der Waals surface area contributed by atoms with Gasteiger partial charge in [0.15, 0.2) is 0 Å². The van der Waals surface area contributed by atoms with Gasteiger partial charge in [0.1, 0.15) is 11.9 Å². The molecule has 142 valence electrons. The predicted molar refractivity (Wildman–Crippen MR) is 111 cm³/mol. The van der Waals surface area contributed by atoms with Crippen molar-refractivity contribution in [3.05, 3.63) is 108 Å². The van der Waals surface area contributed by atoms with Gasteiger partial charge in [0, 0.05) is 35.7 Å². The van der Waals surface area contributed by atoms with Crippen LogP contribution in [-0.2, 0) is 11.3 Å². The summed E-state index contributed by atoms with van der Waals surface area (Å²) in [6.07, 6.45) is 12.9. The Morgan fingerprint density at radius 1 is 1.10 bits per heavy atom. The number of amides is 1. The maximum atomic E-state index is 13.0. The number of nitrogens with one attached hydrogen (secondary N) is 2. The summed E-state index contributed by atoms with van der Waals surface area (Å²) < 4.78 is 0. The van der Waals surface area contributed by atoms with Crippen molar-refractivity contribution in [2.75, 3.05) is 0 Å². The Labute approximate surface area is 168 Å². The van der Waals surface area contributed by atoms with E-state index >= 15 is 0 Å². The number of pyridine rings is 2. The molecule has 3 aromatic rings. The molecule has 0 aliphatic carbocycles. The monoisotopic (exact) mass is 381 g/mol. The molecule has 2 aliphatic heterocycles. The molecule has 0 saturated heterocycles. The van der Waals surface area contributed by atoms with Crippen LogP contribution in [0.2, 0.25) is 0 Å². The number of rotatable bonds is 4. The Kier molecular flexibility index (Phi) is 4.29. The van der Waals surface area contributed by atoms with Gasteiger partial charge < -0.3 is 15.5 Å². The summed E-state index contributed by atoms with van der Waals surface area (Å²) in [5, 5.41) is 8.52. The second kappa shape index (κ2) is 7.24. The molecule has 4 heterocycles. The quantitative estimate of drug-likeness (QED) is 0.727. The fourth-order valence-electron chi connectivity index (χ4n) is 3.71. The number of hydrogen-bond acceptors (Lipinski definition) is 5. The van der Waals surface area contributed by atoms with Gasteiger partial charge in [-0.15, -0.1) is 0 Å². The highest BCUT2D eigenvalue weighted by atomic mass is 16.2. The van der Waals surface area contributed by atoms with Crippen molar-refractivity contribution in [1.82, 2.24) is 25.5 Å². The lowest BCUT2D eigenvalue weighted by Crippen LogP contribution is -2.32. The van der Waals surface area contributed by atoms with Crippen LogP contribution in [0.5, 0.6) is 0 Å². The van der Waals surface area contributed by atoms with Crippen LogP contribution in [0.1, 0.15) is 17.4 Å². The molecular formula is C23H19N5O. The summed E-state index contributed by atoms with van der Waals surface area (Å²) in [4.78, 5) is 23.7. The van der Waals surface area contributed by atoms with Gasteiger partial charge in [0.05, 0.1) is 17.9 Å². The van der Waals surface area contributed by atoms with Crippen LogP contribution in [-0.4, -0.2) is 20.8 Å². The lowest BCUT2D eigenvalue weighted by Gasteiger charge is -2.25. The number of fused-ring (bicyclic) bond motifs is 2. The standard InChI is InChI=1S/C23H19N5O/c29-23(26-15-19-18-8-2-1-6-16(18)10-12-25-19)21-20-9-3-4-13-28(20)22(27-21)17-7-5-11-24-14-17/h1-14,22,27H,15H2,(H,26,29). The molecule has 2 N–H and O–H groups in total. The molecule has 6 heteroatoms. The smallest absolute Gasteiger partial charge is 0.269 e. The van der Waals surface area contributed by atoms with Crippen molar-refractivity contribution < 1.29 is 4.79 Å². The highest BCUT2D eigenvalue weighted by Gasteiger charge is 2.33. The normalized spacial score (nSPS) is 17.4. The number of aromatic nitrogens is 2. The topological polar surface area (TPSA) is 70.2 Å². The van der Waals surface area contributed by atoms with Crippen molar-refractivity contribution in [2.45, 2.75) is 12.7 Å². The predicted octanol–water partition coefficient (Wildman–Crippen LogP) is 3.15. The van der Waals surface area contributed by atoms with Gasteiger partial charge in [-0.3, -0.25) is 14.8 Å². The lowest BCUT2D eigenvalue weighted by molar-refractivity contribution is -0.118. The molecule has 0 saturated carbocycles. The molecule has 0 spiro atoms. The van der Waals surface area contributed by atoms with Crippen molar-refractivity contribution in [3.8, 4) is 0 Å². The molecule has 6 nitrogen and oxygen atoms in total. The molecule has 2 aliphatic rings. The van der Waals surface area contributed by atoms with Crippen LogP contribution in [0, 0.1) is 0 Å². The summed E-state index contributed by atoms with van der Waals surface area (Å²) in [5.74, 6) is -0.161. The Morgan fingerprint density at radius 3 is 2.93 bits per heavy atom. The van der Waals surface area contributed by atoms with Gasteiger partial charge in [-0.1, -0.05) is 36.4 Å². The fraction of sp³-hybridized carbons (Fsp3) is 0.0870. The number of benzene rings is 1. The molecular weight excluding hydrogens is 362 g/mol. The number of hydrogen-bond donors (Lipinski definition) is 2. The first-order valence-corrected chi connectivity index (χ1v) is 9.46. The highest BCUT2D eigenvalue weighted by Crippen LogP contribution is 2.33. The third kappa shape index (κ3) is 3.14. The summed E-state index contributed by atoms with van der Waals surface area (Å²) >= 11 is 0. The van der Waals surface area contributed by atoms with Crippen LogP contribution in [0.4, 0.5) is 0 Å². The minimum absolute atomic E-state index is 0.161. The fourth-order valence-corrected chi connectivity index (χ4v) is 3.71. The minimum atomic E-state index is -0.170. The minimum Gasteiger partial charge on any atom is -0.355 e. The van der Waals surface area contributed by atoms with Gasteiger partial charge in [-0.2, -0.15) is 0 Å². The van der Waals surface area contributed by atoms with Crippen molar-refractivity contribution >= 4 is 16.7 Å². The van der Waals surface area contributed by atoms with Crippen molar-refractivity contribution in [3.63, 3.8) is 0 Å². The molecule has 0 fully saturated rings. The van der Waals surface area contributed by atoms with E-state index in [0.29, 0.717) is 12.2 Å². The van der Waals surface area contributed by atoms with E-state index in [9.17, 15) is 4.79 Å². The van der Waals surface area contributed by atoms with Gasteiger partial charge >= 0.3 is 0 Å². The second-order valence-electron chi connectivity index (χ2n) is 6.86. The molecule has 1 atom stereocenters. The molecule has 5 rings (SSSR count). The Balaban J connectivity index is 1.39. The van der Waals surface area contributed by atoms with E-state index in [1.807, 2.05) is 78.0 Å². The largest absolute Gasteiger partial charge is 0.355 e. The Morgan fingerprint density at radius 2 is 2.03 bits per heavy atom. The summed E-state index contributed by atoms with van der Waals surface area (Å²) in [6.45, 7) is 0.357. The molecule has 1 amide bonds. The third-order valence-corrected chi connectivity index (χ3v) is 5.11. The van der Waals surface area contributed by atoms with Gasteiger partial charge in [0.2, 0.25) is 0 Å². The zero-order chi connectivity index (χ0) is 19.6. The summed E-state index contributed by atoms with van der Waals surface area (Å²) in [5.41, 5.74) is 3.22. The number of allylic oxidation sites excluding steroid dienone is 3. The van der Waals surface area contributed by atoms with E-state index in [1.54, 1.807) is 12.4 Å². The molecule has 1 unspecified atom stereocenters. The van der Waals surface area contributed by atoms with Crippen molar-refractivity contribution in [1.29, 1.82) is 0 Å². The van der Waals surface area contributed by atoms with E-state index < -0.39 is 0 Å². The van der Waals surface area contributed by atoms with E-state index in [2.05, 4.69) is 20.6 Å². The maximum Gasteiger partial charge on any atom is 0.269 e. The van der Waals surface area contributed by atoms with E-state index in [4.69, 9.17) is 0 Å². The van der Waals surface area contributed by atoms with E-state index in [-0.39, 0.29) is 12.1 Å². The molecule has 0 bridgehead atoms. The SMILES string of the molecule is O=C(NCc1nccc2ccccc12)C1=C2C=CC=CN2C(c2cccnc2)N1. The third-order valence-electron chi connectivity index (χ3n) is 5.11. The number of carbonyl (C=O) groups is 1. The number of carbonyl (C=O) groups excluding carboxylic acids is 1. The van der Waals surface area contributed by atoms with Gasteiger partial charge in [0.25, 0.3) is 5.91 Å². The molecule has 1 aromatic carbocycles. The average Bonchev–Trinajstić information content (AvgIpc) is 3.18. The summed E-state index contributed by atoms with van der Waals surface area (Å²) in [6, 6.07) is 13.9. The van der Waals surface area contributed by atoms with Crippen molar-refractivity contribution in [2.24, 2.45) is 0 Å². The molecule has 29 heavy (non-hydrogen) atoms.